The van der Waals surface area contributed by atoms with E-state index in [0.717, 1.165) is 12.5 Å². The molecule has 0 spiro atoms. The third-order valence-corrected chi connectivity index (χ3v) is 3.54. The molecule has 1 atom stereocenters. The molecule has 0 radical (unpaired) electrons. The van der Waals surface area contributed by atoms with Gasteiger partial charge in [-0.3, -0.25) is 0 Å². The number of nitrogens with one attached hydrogen (secondary N) is 1. The van der Waals surface area contributed by atoms with E-state index in [1.54, 1.807) is 6.33 Å². The molecule has 1 aromatic heterocycles. The van der Waals surface area contributed by atoms with Crippen LogP contribution in [0.1, 0.15) is 31.2 Å². The van der Waals surface area contributed by atoms with Crippen molar-refractivity contribution < 1.29 is 0 Å². The summed E-state index contributed by atoms with van der Waals surface area (Å²) in [5.74, 6) is 0.830. The van der Waals surface area contributed by atoms with Gasteiger partial charge in [-0.1, -0.05) is 0 Å². The second kappa shape index (κ2) is 3.02. The van der Waals surface area contributed by atoms with E-state index >= 15 is 0 Å². The van der Waals surface area contributed by atoms with Crippen LogP contribution in [-0.2, 0) is 5.54 Å². The Morgan fingerprint density at radius 2 is 2.07 bits per heavy atom. The van der Waals surface area contributed by atoms with Gasteiger partial charge in [-0.2, -0.15) is 0 Å². The predicted molar refractivity (Wildman–Crippen MR) is 53.7 cm³/mol. The zero-order chi connectivity index (χ0) is 9.43. The number of hydrogen-bond donors (Lipinski definition) is 1. The fraction of sp³-hybridized carbons (Fsp3) is 0.636. The maximum Gasteiger partial charge on any atom is 0.115 e. The molecule has 1 aromatic rings. The Kier molecular flexibility index (Phi) is 1.80. The molecule has 3 nitrogen and oxygen atoms in total. The van der Waals surface area contributed by atoms with Gasteiger partial charge in [0.25, 0.3) is 0 Å². The highest BCUT2D eigenvalue weighted by Gasteiger charge is 2.48. The van der Waals surface area contributed by atoms with Crippen LogP contribution >= 0.6 is 0 Å². The molecule has 1 saturated carbocycles. The van der Waals surface area contributed by atoms with Gasteiger partial charge in [0.1, 0.15) is 6.33 Å². The standard InChI is InChI=1S/C11H15N3/c1-4-11(14-5-1,9-2-3-9)10-6-12-8-13-7-10/h6-9,14H,1-5H2. The second-order valence-electron chi connectivity index (χ2n) is 4.40. The number of nitrogens with zero attached hydrogens (tertiary/aromatic N) is 2. The minimum Gasteiger partial charge on any atom is -0.307 e. The minimum atomic E-state index is 0.223. The van der Waals surface area contributed by atoms with Gasteiger partial charge in [0.2, 0.25) is 0 Å². The van der Waals surface area contributed by atoms with Crippen LogP contribution in [0.2, 0.25) is 0 Å². The molecule has 1 saturated heterocycles. The fourth-order valence-electron chi connectivity index (χ4n) is 2.70. The van der Waals surface area contributed by atoms with E-state index in [0.29, 0.717) is 0 Å². The van der Waals surface area contributed by atoms with Crippen molar-refractivity contribution >= 4 is 0 Å². The van der Waals surface area contributed by atoms with Crippen molar-refractivity contribution in [1.82, 2.24) is 15.3 Å². The van der Waals surface area contributed by atoms with Crippen LogP contribution in [0, 0.1) is 5.92 Å². The van der Waals surface area contributed by atoms with Gasteiger partial charge in [-0.15, -0.1) is 0 Å². The minimum absolute atomic E-state index is 0.223. The van der Waals surface area contributed by atoms with Crippen LogP contribution in [-0.4, -0.2) is 16.5 Å². The summed E-state index contributed by atoms with van der Waals surface area (Å²) < 4.78 is 0. The molecule has 1 aliphatic carbocycles. The van der Waals surface area contributed by atoms with Crippen LogP contribution in [0.4, 0.5) is 0 Å². The SMILES string of the molecule is c1ncc(C2(C3CC3)CCCN2)cn1. The first-order chi connectivity index (χ1) is 6.92. The molecule has 3 rings (SSSR count). The molecule has 3 heteroatoms. The van der Waals surface area contributed by atoms with E-state index in [-0.39, 0.29) is 5.54 Å². The molecule has 1 aliphatic heterocycles. The lowest BCUT2D eigenvalue weighted by molar-refractivity contribution is 0.334. The molecular weight excluding hydrogens is 174 g/mol. The zero-order valence-corrected chi connectivity index (χ0v) is 8.24. The summed E-state index contributed by atoms with van der Waals surface area (Å²) in [5.41, 5.74) is 1.52. The molecule has 14 heavy (non-hydrogen) atoms. The van der Waals surface area contributed by atoms with Crippen LogP contribution in [0.3, 0.4) is 0 Å². The summed E-state index contributed by atoms with van der Waals surface area (Å²) in [6, 6.07) is 0. The number of hydrogen-bond acceptors (Lipinski definition) is 3. The molecule has 2 aliphatic rings. The Hall–Kier alpha value is -0.960. The smallest absolute Gasteiger partial charge is 0.115 e. The molecular formula is C11H15N3. The monoisotopic (exact) mass is 189 g/mol. The first-order valence-corrected chi connectivity index (χ1v) is 5.42. The van der Waals surface area contributed by atoms with Crippen LogP contribution < -0.4 is 5.32 Å². The van der Waals surface area contributed by atoms with Gasteiger partial charge in [-0.25, -0.2) is 9.97 Å². The predicted octanol–water partition coefficient (Wildman–Crippen LogP) is 1.47. The summed E-state index contributed by atoms with van der Waals surface area (Å²) in [7, 11) is 0. The second-order valence-corrected chi connectivity index (χ2v) is 4.40. The van der Waals surface area contributed by atoms with Gasteiger partial charge in [0, 0.05) is 23.5 Å². The van der Waals surface area contributed by atoms with Crippen molar-refractivity contribution in [3.05, 3.63) is 24.3 Å². The van der Waals surface area contributed by atoms with Crippen LogP contribution in [0.25, 0.3) is 0 Å². The molecule has 0 amide bonds. The third-order valence-electron chi connectivity index (χ3n) is 3.54. The lowest BCUT2D eigenvalue weighted by Gasteiger charge is -2.29. The molecule has 0 bridgehead atoms. The van der Waals surface area contributed by atoms with Gasteiger partial charge < -0.3 is 5.32 Å². The molecule has 0 aromatic carbocycles. The van der Waals surface area contributed by atoms with Crippen LogP contribution in [0.5, 0.6) is 0 Å². The highest BCUT2D eigenvalue weighted by molar-refractivity contribution is 5.23. The van der Waals surface area contributed by atoms with Gasteiger partial charge in [0.15, 0.2) is 0 Å². The summed E-state index contributed by atoms with van der Waals surface area (Å²) >= 11 is 0. The number of aromatic nitrogens is 2. The Morgan fingerprint density at radius 3 is 2.64 bits per heavy atom. The highest BCUT2D eigenvalue weighted by Crippen LogP contribution is 2.49. The average Bonchev–Trinajstić information content (AvgIpc) is 2.99. The first-order valence-electron chi connectivity index (χ1n) is 5.42. The Bertz CT molecular complexity index is 313. The first kappa shape index (κ1) is 8.36. The van der Waals surface area contributed by atoms with Crippen molar-refractivity contribution in [3.63, 3.8) is 0 Å². The quantitative estimate of drug-likeness (QED) is 0.765. The fourth-order valence-corrected chi connectivity index (χ4v) is 2.70. The summed E-state index contributed by atoms with van der Waals surface area (Å²) in [6.45, 7) is 1.14. The Balaban J connectivity index is 1.99. The van der Waals surface area contributed by atoms with Crippen molar-refractivity contribution in [2.24, 2.45) is 5.92 Å². The lowest BCUT2D eigenvalue weighted by atomic mass is 9.85. The summed E-state index contributed by atoms with van der Waals surface area (Å²) in [4.78, 5) is 8.27. The molecule has 1 unspecified atom stereocenters. The summed E-state index contributed by atoms with van der Waals surface area (Å²) in [5, 5.41) is 3.67. The van der Waals surface area contributed by atoms with Crippen molar-refractivity contribution in [2.75, 3.05) is 6.54 Å². The highest BCUT2D eigenvalue weighted by atomic mass is 15.0. The maximum absolute atomic E-state index is 4.13. The molecule has 74 valence electrons. The van der Waals surface area contributed by atoms with E-state index in [4.69, 9.17) is 0 Å². The Morgan fingerprint density at radius 1 is 1.29 bits per heavy atom. The zero-order valence-electron chi connectivity index (χ0n) is 8.24. The molecule has 2 fully saturated rings. The van der Waals surface area contributed by atoms with Gasteiger partial charge >= 0.3 is 0 Å². The van der Waals surface area contributed by atoms with Gasteiger partial charge in [-0.05, 0) is 38.1 Å². The Labute approximate surface area is 84.0 Å². The largest absolute Gasteiger partial charge is 0.307 e. The van der Waals surface area contributed by atoms with E-state index in [1.807, 2.05) is 12.4 Å². The van der Waals surface area contributed by atoms with Crippen LogP contribution in [0.15, 0.2) is 18.7 Å². The van der Waals surface area contributed by atoms with E-state index in [1.165, 1.54) is 31.2 Å². The molecule has 1 N–H and O–H groups in total. The number of rotatable bonds is 2. The summed E-state index contributed by atoms with van der Waals surface area (Å²) in [6.07, 6.45) is 10.8. The van der Waals surface area contributed by atoms with E-state index < -0.39 is 0 Å². The van der Waals surface area contributed by atoms with Gasteiger partial charge in [0.05, 0.1) is 0 Å². The lowest BCUT2D eigenvalue weighted by Crippen LogP contribution is -2.39. The van der Waals surface area contributed by atoms with Crippen molar-refractivity contribution in [2.45, 2.75) is 31.2 Å². The van der Waals surface area contributed by atoms with Crippen molar-refractivity contribution in [1.29, 1.82) is 0 Å². The normalized spacial score (nSPS) is 32.0. The third kappa shape index (κ3) is 1.16. The molecule has 2 heterocycles. The van der Waals surface area contributed by atoms with E-state index in [2.05, 4.69) is 15.3 Å². The maximum atomic E-state index is 4.13. The van der Waals surface area contributed by atoms with Crippen molar-refractivity contribution in [3.8, 4) is 0 Å². The average molecular weight is 189 g/mol. The topological polar surface area (TPSA) is 37.8 Å². The van der Waals surface area contributed by atoms with E-state index in [9.17, 15) is 0 Å².